The lowest BCUT2D eigenvalue weighted by Gasteiger charge is -2.32. The van der Waals surface area contributed by atoms with Crippen molar-refractivity contribution in [1.29, 1.82) is 0 Å². The summed E-state index contributed by atoms with van der Waals surface area (Å²) in [7, 11) is 0. The van der Waals surface area contributed by atoms with E-state index < -0.39 is 17.7 Å². The van der Waals surface area contributed by atoms with Crippen LogP contribution in [0.15, 0.2) is 48.5 Å². The van der Waals surface area contributed by atoms with Crippen molar-refractivity contribution in [2.75, 3.05) is 19.8 Å². The highest BCUT2D eigenvalue weighted by molar-refractivity contribution is 5.81. The SMILES string of the molecule is CC1(C)OCC(COc2ccc3c(c2)[C@@H]2CN(C(=O)N2OCc2ccccc2)[C@H]3CC(N)=O)O1. The van der Waals surface area contributed by atoms with Crippen molar-refractivity contribution in [2.45, 2.75) is 50.8 Å². The molecule has 3 aliphatic rings. The van der Waals surface area contributed by atoms with E-state index in [2.05, 4.69) is 0 Å². The maximum atomic E-state index is 13.2. The fourth-order valence-electron chi connectivity index (χ4n) is 4.79. The Hall–Kier alpha value is -3.14. The second kappa shape index (κ2) is 8.90. The lowest BCUT2D eigenvalue weighted by molar-refractivity contribution is -0.141. The number of hydrogen-bond donors (Lipinski definition) is 1. The number of primary amides is 1. The third kappa shape index (κ3) is 4.46. The fraction of sp³-hybridized carbons (Fsp3) is 0.440. The van der Waals surface area contributed by atoms with Crippen LogP contribution in [0.25, 0.3) is 0 Å². The Morgan fingerprint density at radius 3 is 2.68 bits per heavy atom. The number of rotatable bonds is 8. The molecule has 2 fully saturated rings. The zero-order valence-corrected chi connectivity index (χ0v) is 19.3. The van der Waals surface area contributed by atoms with Gasteiger partial charge in [-0.2, -0.15) is 5.06 Å². The Morgan fingerprint density at radius 2 is 1.97 bits per heavy atom. The van der Waals surface area contributed by atoms with E-state index in [0.717, 1.165) is 16.7 Å². The molecule has 5 rings (SSSR count). The molecule has 3 aliphatic heterocycles. The van der Waals surface area contributed by atoms with Crippen LogP contribution < -0.4 is 10.5 Å². The van der Waals surface area contributed by atoms with Crippen LogP contribution in [0.2, 0.25) is 0 Å². The monoisotopic (exact) mass is 467 g/mol. The minimum atomic E-state index is -0.615. The average Bonchev–Trinajstić information content (AvgIpc) is 3.31. The summed E-state index contributed by atoms with van der Waals surface area (Å²) in [6.07, 6.45) is -0.122. The van der Waals surface area contributed by atoms with Crippen molar-refractivity contribution in [3.05, 3.63) is 65.2 Å². The molecule has 0 aliphatic carbocycles. The molecule has 9 heteroatoms. The van der Waals surface area contributed by atoms with Gasteiger partial charge in [0.1, 0.15) is 31.1 Å². The van der Waals surface area contributed by atoms with Gasteiger partial charge in [-0.3, -0.25) is 9.63 Å². The third-order valence-electron chi connectivity index (χ3n) is 6.35. The van der Waals surface area contributed by atoms with Crippen molar-refractivity contribution in [3.8, 4) is 5.75 Å². The zero-order valence-electron chi connectivity index (χ0n) is 19.3. The number of hydroxylamine groups is 2. The van der Waals surface area contributed by atoms with Crippen LogP contribution in [0.1, 0.15) is 49.0 Å². The van der Waals surface area contributed by atoms with E-state index in [-0.39, 0.29) is 31.2 Å². The summed E-state index contributed by atoms with van der Waals surface area (Å²) in [6, 6.07) is 14.3. The summed E-state index contributed by atoms with van der Waals surface area (Å²) in [5.74, 6) is -0.427. The first kappa shape index (κ1) is 22.6. The van der Waals surface area contributed by atoms with Gasteiger partial charge in [-0.05, 0) is 42.7 Å². The summed E-state index contributed by atoms with van der Waals surface area (Å²) in [5.41, 5.74) is 8.25. The normalized spacial score (nSPS) is 24.9. The molecule has 180 valence electrons. The van der Waals surface area contributed by atoms with Crippen molar-refractivity contribution >= 4 is 11.9 Å². The van der Waals surface area contributed by atoms with Gasteiger partial charge in [-0.15, -0.1) is 0 Å². The predicted octanol–water partition coefficient (Wildman–Crippen LogP) is 3.06. The number of benzene rings is 2. The van der Waals surface area contributed by atoms with Gasteiger partial charge < -0.3 is 24.8 Å². The second-order valence-electron chi connectivity index (χ2n) is 9.27. The number of fused-ring (bicyclic) bond motifs is 4. The van der Waals surface area contributed by atoms with Gasteiger partial charge in [0.05, 0.1) is 25.6 Å². The number of carbonyl (C=O) groups excluding carboxylic acids is 2. The Kier molecular flexibility index (Phi) is 5.93. The number of ether oxygens (including phenoxy) is 3. The number of nitrogens with two attached hydrogens (primary N) is 1. The van der Waals surface area contributed by atoms with Gasteiger partial charge in [0.2, 0.25) is 5.91 Å². The fourth-order valence-corrected chi connectivity index (χ4v) is 4.79. The van der Waals surface area contributed by atoms with Gasteiger partial charge in [-0.25, -0.2) is 4.79 Å². The van der Waals surface area contributed by atoms with Crippen LogP contribution in [0.3, 0.4) is 0 Å². The largest absolute Gasteiger partial charge is 0.491 e. The first-order chi connectivity index (χ1) is 16.3. The Labute approximate surface area is 198 Å². The van der Waals surface area contributed by atoms with E-state index >= 15 is 0 Å². The van der Waals surface area contributed by atoms with E-state index in [4.69, 9.17) is 24.8 Å². The van der Waals surface area contributed by atoms with Gasteiger partial charge in [0.15, 0.2) is 5.79 Å². The quantitative estimate of drug-likeness (QED) is 0.640. The number of carbonyl (C=O) groups is 2. The zero-order chi connectivity index (χ0) is 23.9. The molecule has 0 aromatic heterocycles. The number of amides is 3. The maximum absolute atomic E-state index is 13.2. The Bertz CT molecular complexity index is 1080. The summed E-state index contributed by atoms with van der Waals surface area (Å²) in [4.78, 5) is 32.7. The Morgan fingerprint density at radius 1 is 1.18 bits per heavy atom. The molecule has 0 saturated carbocycles. The Balaban J connectivity index is 1.38. The van der Waals surface area contributed by atoms with Crippen molar-refractivity contribution in [3.63, 3.8) is 0 Å². The molecule has 0 radical (unpaired) electrons. The highest BCUT2D eigenvalue weighted by Crippen LogP contribution is 2.46. The highest BCUT2D eigenvalue weighted by atomic mass is 16.7. The topological polar surface area (TPSA) is 104 Å². The molecule has 2 bridgehead atoms. The molecule has 1 unspecified atom stereocenters. The highest BCUT2D eigenvalue weighted by Gasteiger charge is 2.49. The average molecular weight is 468 g/mol. The van der Waals surface area contributed by atoms with E-state index in [0.29, 0.717) is 25.5 Å². The smallest absolute Gasteiger partial charge is 0.345 e. The van der Waals surface area contributed by atoms with E-state index in [9.17, 15) is 9.59 Å². The van der Waals surface area contributed by atoms with Crippen LogP contribution in [-0.2, 0) is 25.7 Å². The predicted molar refractivity (Wildman–Crippen MR) is 121 cm³/mol. The first-order valence-electron chi connectivity index (χ1n) is 11.4. The van der Waals surface area contributed by atoms with Crippen LogP contribution in [0, 0.1) is 0 Å². The lowest BCUT2D eigenvalue weighted by Crippen LogP contribution is -2.36. The van der Waals surface area contributed by atoms with E-state index in [1.54, 1.807) is 4.90 Å². The van der Waals surface area contributed by atoms with Crippen LogP contribution in [0.4, 0.5) is 4.79 Å². The molecule has 3 heterocycles. The molecule has 2 aromatic carbocycles. The standard InChI is InChI=1S/C25H29N3O6/c1-25(2)32-15-18(34-25)14-31-17-8-9-19-20(10-17)22-12-27(21(19)11-23(26)29)24(30)28(22)33-13-16-6-4-3-5-7-16/h3-10,18,21-22H,11-15H2,1-2H3,(H2,26,29)/t18?,21-,22-/m0/s1. The van der Waals surface area contributed by atoms with Gasteiger partial charge in [0.25, 0.3) is 0 Å². The first-order valence-corrected chi connectivity index (χ1v) is 11.4. The van der Waals surface area contributed by atoms with Crippen molar-refractivity contribution < 1.29 is 28.6 Å². The summed E-state index contributed by atoms with van der Waals surface area (Å²) in [5, 5.41) is 1.41. The van der Waals surface area contributed by atoms with Gasteiger partial charge in [0, 0.05) is 0 Å². The number of hydrogen-bond acceptors (Lipinski definition) is 6. The molecule has 2 aromatic rings. The van der Waals surface area contributed by atoms with Gasteiger partial charge in [-0.1, -0.05) is 36.4 Å². The number of urea groups is 1. The third-order valence-corrected chi connectivity index (χ3v) is 6.35. The molecule has 3 amide bonds. The number of nitrogens with zero attached hydrogens (tertiary/aromatic N) is 2. The van der Waals surface area contributed by atoms with Crippen molar-refractivity contribution in [2.24, 2.45) is 5.73 Å². The molecular weight excluding hydrogens is 438 g/mol. The lowest BCUT2D eigenvalue weighted by atomic mass is 9.89. The molecular formula is C25H29N3O6. The molecule has 9 nitrogen and oxygen atoms in total. The molecule has 0 spiro atoms. The van der Waals surface area contributed by atoms with E-state index in [1.807, 2.05) is 62.4 Å². The molecule has 2 saturated heterocycles. The summed E-state index contributed by atoms with van der Waals surface area (Å²) in [6.45, 7) is 5.23. The van der Waals surface area contributed by atoms with Crippen LogP contribution in [0.5, 0.6) is 5.75 Å². The van der Waals surface area contributed by atoms with Crippen LogP contribution in [-0.4, -0.2) is 53.6 Å². The van der Waals surface area contributed by atoms with E-state index in [1.165, 1.54) is 5.06 Å². The molecule has 34 heavy (non-hydrogen) atoms. The van der Waals surface area contributed by atoms with Crippen LogP contribution >= 0.6 is 0 Å². The molecule has 3 atom stereocenters. The maximum Gasteiger partial charge on any atom is 0.345 e. The molecule has 2 N–H and O–H groups in total. The van der Waals surface area contributed by atoms with Gasteiger partial charge >= 0.3 is 6.03 Å². The minimum absolute atomic E-state index is 0.0422. The van der Waals surface area contributed by atoms with Crippen molar-refractivity contribution in [1.82, 2.24) is 9.96 Å². The summed E-state index contributed by atoms with van der Waals surface area (Å²) < 4.78 is 17.4. The second-order valence-corrected chi connectivity index (χ2v) is 9.27. The summed E-state index contributed by atoms with van der Waals surface area (Å²) >= 11 is 0. The minimum Gasteiger partial charge on any atom is -0.491 e.